The summed E-state index contributed by atoms with van der Waals surface area (Å²) in [7, 11) is 0. The van der Waals surface area contributed by atoms with E-state index < -0.39 is 23.3 Å². The van der Waals surface area contributed by atoms with E-state index in [0.717, 1.165) is 17.1 Å². The predicted octanol–water partition coefficient (Wildman–Crippen LogP) is 0.490. The predicted molar refractivity (Wildman–Crippen MR) is 92.8 cm³/mol. The van der Waals surface area contributed by atoms with Crippen molar-refractivity contribution in [2.45, 2.75) is 0 Å². The Hall–Kier alpha value is -4.14. The lowest BCUT2D eigenvalue weighted by Crippen LogP contribution is -2.34. The van der Waals surface area contributed by atoms with Crippen LogP contribution < -0.4 is 15.3 Å². The molecule has 1 aromatic heterocycles. The summed E-state index contributed by atoms with van der Waals surface area (Å²) in [5.74, 6) is -1.92. The van der Waals surface area contributed by atoms with Gasteiger partial charge in [0, 0.05) is 12.2 Å². The lowest BCUT2D eigenvalue weighted by atomic mass is 10.2. The van der Waals surface area contributed by atoms with Gasteiger partial charge < -0.3 is 4.84 Å². The molecule has 2 amide bonds. The molecule has 0 saturated heterocycles. The highest BCUT2D eigenvalue weighted by molar-refractivity contribution is 6.28. The molecular weight excluding hydrogens is 352 g/mol. The Morgan fingerprint density at radius 3 is 2.44 bits per heavy atom. The summed E-state index contributed by atoms with van der Waals surface area (Å²) >= 11 is 0. The highest BCUT2D eigenvalue weighted by Crippen LogP contribution is 2.20. The molecular formula is C18H10N4O5. The van der Waals surface area contributed by atoms with Gasteiger partial charge in [-0.25, -0.2) is 9.69 Å². The molecule has 2 aromatic carbocycles. The molecule has 0 saturated carbocycles. The maximum Gasteiger partial charge on any atom is 0.366 e. The SMILES string of the molecule is O=C(On1nnc2ccccc2c1=O)c1cccc(N2C(=O)C=CC2=O)c1. The zero-order valence-corrected chi connectivity index (χ0v) is 13.6. The van der Waals surface area contributed by atoms with Crippen molar-refractivity contribution in [1.29, 1.82) is 0 Å². The van der Waals surface area contributed by atoms with Crippen LogP contribution in [0.3, 0.4) is 0 Å². The van der Waals surface area contributed by atoms with E-state index in [9.17, 15) is 19.2 Å². The van der Waals surface area contributed by atoms with Crippen LogP contribution in [0, 0.1) is 0 Å². The molecule has 27 heavy (non-hydrogen) atoms. The molecule has 1 aliphatic heterocycles. The van der Waals surface area contributed by atoms with Gasteiger partial charge >= 0.3 is 11.5 Å². The van der Waals surface area contributed by atoms with E-state index in [1.165, 1.54) is 30.3 Å². The van der Waals surface area contributed by atoms with E-state index in [1.54, 1.807) is 18.2 Å². The molecule has 3 aromatic rings. The van der Waals surface area contributed by atoms with Crippen molar-refractivity contribution in [2.24, 2.45) is 0 Å². The number of fused-ring (bicyclic) bond motifs is 1. The minimum Gasteiger partial charge on any atom is -0.309 e. The van der Waals surface area contributed by atoms with Gasteiger partial charge in [0.05, 0.1) is 16.6 Å². The first-order valence-electron chi connectivity index (χ1n) is 7.78. The third-order valence-corrected chi connectivity index (χ3v) is 3.86. The normalized spacial score (nSPS) is 13.4. The molecule has 9 nitrogen and oxygen atoms in total. The molecule has 0 N–H and O–H groups in total. The Balaban J connectivity index is 1.64. The summed E-state index contributed by atoms with van der Waals surface area (Å²) in [6.07, 6.45) is 2.27. The van der Waals surface area contributed by atoms with E-state index in [1.807, 2.05) is 0 Å². The number of amides is 2. The fourth-order valence-corrected chi connectivity index (χ4v) is 2.59. The number of imide groups is 1. The molecule has 0 unspecified atom stereocenters. The number of hydrogen-bond donors (Lipinski definition) is 0. The monoisotopic (exact) mass is 362 g/mol. The van der Waals surface area contributed by atoms with Gasteiger partial charge in [-0.2, -0.15) is 0 Å². The highest BCUT2D eigenvalue weighted by atomic mass is 16.7. The van der Waals surface area contributed by atoms with Gasteiger partial charge in [0.2, 0.25) is 0 Å². The van der Waals surface area contributed by atoms with Crippen molar-refractivity contribution in [1.82, 2.24) is 15.2 Å². The Bertz CT molecular complexity index is 1180. The van der Waals surface area contributed by atoms with Crippen molar-refractivity contribution >= 4 is 34.4 Å². The standard InChI is InChI=1S/C18H10N4O5/c23-15-8-9-16(24)21(15)12-5-3-4-11(10-12)18(26)27-22-17(25)13-6-1-2-7-14(13)19-20-22/h1-10H. The Labute approximate surface area is 151 Å². The molecule has 132 valence electrons. The second kappa shape index (κ2) is 6.30. The van der Waals surface area contributed by atoms with Crippen LogP contribution >= 0.6 is 0 Å². The van der Waals surface area contributed by atoms with E-state index >= 15 is 0 Å². The van der Waals surface area contributed by atoms with E-state index in [4.69, 9.17) is 4.84 Å². The first-order chi connectivity index (χ1) is 13.0. The van der Waals surface area contributed by atoms with Crippen LogP contribution in [0.2, 0.25) is 0 Å². The molecule has 2 heterocycles. The van der Waals surface area contributed by atoms with Crippen LogP contribution in [0.25, 0.3) is 10.9 Å². The van der Waals surface area contributed by atoms with Crippen molar-refractivity contribution in [3.05, 3.63) is 76.6 Å². The van der Waals surface area contributed by atoms with E-state index in [2.05, 4.69) is 10.3 Å². The zero-order chi connectivity index (χ0) is 19.0. The Kier molecular flexibility index (Phi) is 3.81. The minimum atomic E-state index is -0.893. The molecule has 0 fully saturated rings. The topological polar surface area (TPSA) is 111 Å². The van der Waals surface area contributed by atoms with Gasteiger partial charge in [0.1, 0.15) is 5.52 Å². The first-order valence-corrected chi connectivity index (χ1v) is 7.78. The maximum atomic E-state index is 12.4. The number of anilines is 1. The van der Waals surface area contributed by atoms with Crippen LogP contribution in [-0.4, -0.2) is 32.9 Å². The van der Waals surface area contributed by atoms with Gasteiger partial charge in [-0.3, -0.25) is 14.4 Å². The van der Waals surface area contributed by atoms with Crippen molar-refractivity contribution < 1.29 is 19.2 Å². The van der Waals surface area contributed by atoms with E-state index in [0.29, 0.717) is 10.4 Å². The smallest absolute Gasteiger partial charge is 0.309 e. The summed E-state index contributed by atoms with van der Waals surface area (Å²) in [6, 6.07) is 12.2. The summed E-state index contributed by atoms with van der Waals surface area (Å²) < 4.78 is 0. The second-order valence-corrected chi connectivity index (χ2v) is 5.56. The van der Waals surface area contributed by atoms with E-state index in [-0.39, 0.29) is 16.6 Å². The fourth-order valence-electron chi connectivity index (χ4n) is 2.59. The lowest BCUT2D eigenvalue weighted by Gasteiger charge is -2.14. The largest absolute Gasteiger partial charge is 0.366 e. The average Bonchev–Trinajstić information content (AvgIpc) is 3.02. The quantitative estimate of drug-likeness (QED) is 0.492. The number of carbonyl (C=O) groups excluding carboxylic acids is 3. The number of benzene rings is 2. The zero-order valence-electron chi connectivity index (χ0n) is 13.6. The van der Waals surface area contributed by atoms with Crippen LogP contribution in [0.1, 0.15) is 10.4 Å². The van der Waals surface area contributed by atoms with Crippen molar-refractivity contribution in [3.8, 4) is 0 Å². The third kappa shape index (κ3) is 2.86. The van der Waals surface area contributed by atoms with Gasteiger partial charge in [0.25, 0.3) is 11.8 Å². The van der Waals surface area contributed by atoms with Gasteiger partial charge in [0.15, 0.2) is 0 Å². The molecule has 0 spiro atoms. The Morgan fingerprint density at radius 2 is 1.67 bits per heavy atom. The lowest BCUT2D eigenvalue weighted by molar-refractivity contribution is -0.119. The summed E-state index contributed by atoms with van der Waals surface area (Å²) in [5.41, 5.74) is -0.0298. The number of hydrogen-bond acceptors (Lipinski definition) is 7. The van der Waals surface area contributed by atoms with Crippen LogP contribution in [-0.2, 0) is 9.59 Å². The minimum absolute atomic E-state index is 0.0295. The average molecular weight is 362 g/mol. The van der Waals surface area contributed by atoms with Gasteiger partial charge in [-0.15, -0.1) is 5.10 Å². The number of aromatic nitrogens is 3. The summed E-state index contributed by atoms with van der Waals surface area (Å²) in [5, 5.41) is 7.64. The third-order valence-electron chi connectivity index (χ3n) is 3.86. The molecule has 0 radical (unpaired) electrons. The van der Waals surface area contributed by atoms with Crippen molar-refractivity contribution in [3.63, 3.8) is 0 Å². The highest BCUT2D eigenvalue weighted by Gasteiger charge is 2.26. The number of carbonyl (C=O) groups is 3. The maximum absolute atomic E-state index is 12.4. The molecule has 0 aliphatic carbocycles. The number of rotatable bonds is 3. The van der Waals surface area contributed by atoms with Crippen molar-refractivity contribution in [2.75, 3.05) is 4.90 Å². The van der Waals surface area contributed by atoms with Crippen LogP contribution in [0.15, 0.2) is 65.5 Å². The molecule has 9 heteroatoms. The molecule has 0 atom stereocenters. The summed E-state index contributed by atoms with van der Waals surface area (Å²) in [6.45, 7) is 0. The summed E-state index contributed by atoms with van der Waals surface area (Å²) in [4.78, 5) is 54.6. The second-order valence-electron chi connectivity index (χ2n) is 5.56. The molecule has 4 rings (SSSR count). The van der Waals surface area contributed by atoms with Gasteiger partial charge in [-0.1, -0.05) is 18.2 Å². The van der Waals surface area contributed by atoms with Gasteiger partial charge in [-0.05, 0) is 40.4 Å². The van der Waals surface area contributed by atoms with Crippen LogP contribution in [0.5, 0.6) is 0 Å². The molecule has 0 bridgehead atoms. The Morgan fingerprint density at radius 1 is 0.926 bits per heavy atom. The molecule has 1 aliphatic rings. The fraction of sp³-hybridized carbons (Fsp3) is 0. The first kappa shape index (κ1) is 16.3. The number of nitrogens with zero attached hydrogens (tertiary/aromatic N) is 4. The van der Waals surface area contributed by atoms with Crippen LogP contribution in [0.4, 0.5) is 5.69 Å².